The van der Waals surface area contributed by atoms with E-state index in [0.29, 0.717) is 6.07 Å². The van der Waals surface area contributed by atoms with E-state index < -0.39 is 26.7 Å². The third kappa shape index (κ3) is 5.31. The predicted octanol–water partition coefficient (Wildman–Crippen LogP) is 3.61. The molecular weight excluding hydrogens is 469 g/mol. The van der Waals surface area contributed by atoms with E-state index >= 15 is 0 Å². The first kappa shape index (κ1) is 24.0. The molecule has 0 radical (unpaired) electrons. The number of piperidine rings is 1. The standard InChI is InChI=1S/C23H23F3N4O3S/c24-23(25,26)19-5-4-8-21(13-19)34(32,33)29-11-9-18(10-12-29)22(31)27-14-17-15-28-30(16-17)20-6-2-1-3-7-20/h1-8,13,15-16,18H,9-12,14H2,(H,27,31). The molecule has 34 heavy (non-hydrogen) atoms. The molecule has 0 spiro atoms. The van der Waals surface area contributed by atoms with Crippen LogP contribution in [-0.2, 0) is 27.5 Å². The number of carbonyl (C=O) groups is 1. The van der Waals surface area contributed by atoms with Crippen molar-refractivity contribution in [3.63, 3.8) is 0 Å². The second kappa shape index (κ2) is 9.59. The van der Waals surface area contributed by atoms with Crippen molar-refractivity contribution in [2.45, 2.75) is 30.5 Å². The Morgan fingerprint density at radius 3 is 2.44 bits per heavy atom. The largest absolute Gasteiger partial charge is 0.416 e. The van der Waals surface area contributed by atoms with Crippen LogP contribution in [0.4, 0.5) is 13.2 Å². The highest BCUT2D eigenvalue weighted by atomic mass is 32.2. The molecule has 0 bridgehead atoms. The number of carbonyl (C=O) groups excluding carboxylic acids is 1. The number of hydrogen-bond acceptors (Lipinski definition) is 4. The number of amides is 1. The monoisotopic (exact) mass is 492 g/mol. The van der Waals surface area contributed by atoms with Gasteiger partial charge in [0.05, 0.1) is 22.3 Å². The maximum absolute atomic E-state index is 13.0. The summed E-state index contributed by atoms with van der Waals surface area (Å²) in [7, 11) is -4.08. The van der Waals surface area contributed by atoms with Gasteiger partial charge >= 0.3 is 6.18 Å². The zero-order valence-corrected chi connectivity index (χ0v) is 18.9. The van der Waals surface area contributed by atoms with Gasteiger partial charge in [0.15, 0.2) is 0 Å². The molecule has 180 valence electrons. The number of rotatable bonds is 6. The van der Waals surface area contributed by atoms with Crippen molar-refractivity contribution >= 4 is 15.9 Å². The third-order valence-electron chi connectivity index (χ3n) is 5.75. The zero-order chi connectivity index (χ0) is 24.3. The van der Waals surface area contributed by atoms with Crippen molar-refractivity contribution in [1.29, 1.82) is 0 Å². The number of aromatic nitrogens is 2. The Bertz CT molecular complexity index is 1250. The fourth-order valence-electron chi connectivity index (χ4n) is 3.85. The molecule has 4 rings (SSSR count). The van der Waals surface area contributed by atoms with Crippen LogP contribution in [-0.4, -0.2) is 41.5 Å². The summed E-state index contributed by atoms with van der Waals surface area (Å²) in [5.74, 6) is -0.569. The summed E-state index contributed by atoms with van der Waals surface area (Å²) in [6.07, 6.45) is -0.577. The number of para-hydroxylation sites is 1. The van der Waals surface area contributed by atoms with Gasteiger partial charge in [0, 0.05) is 37.3 Å². The lowest BCUT2D eigenvalue weighted by Crippen LogP contribution is -2.42. The minimum Gasteiger partial charge on any atom is -0.352 e. The quantitative estimate of drug-likeness (QED) is 0.570. The Balaban J connectivity index is 1.32. The Morgan fingerprint density at radius 2 is 1.76 bits per heavy atom. The van der Waals surface area contributed by atoms with E-state index in [2.05, 4.69) is 10.4 Å². The second-order valence-electron chi connectivity index (χ2n) is 8.05. The lowest BCUT2D eigenvalue weighted by atomic mass is 9.97. The van der Waals surface area contributed by atoms with E-state index in [1.807, 2.05) is 36.5 Å². The van der Waals surface area contributed by atoms with Crippen LogP contribution in [0.25, 0.3) is 5.69 Å². The summed E-state index contributed by atoms with van der Waals surface area (Å²) in [5, 5.41) is 7.14. The van der Waals surface area contributed by atoms with Gasteiger partial charge in [0.25, 0.3) is 0 Å². The molecule has 2 heterocycles. The van der Waals surface area contributed by atoms with Crippen molar-refractivity contribution in [3.8, 4) is 5.69 Å². The summed E-state index contributed by atoms with van der Waals surface area (Å²) in [5.41, 5.74) is 0.703. The predicted molar refractivity (Wildman–Crippen MR) is 118 cm³/mol. The first-order valence-electron chi connectivity index (χ1n) is 10.7. The highest BCUT2D eigenvalue weighted by molar-refractivity contribution is 7.89. The minimum absolute atomic E-state index is 0.0581. The number of nitrogens with zero attached hydrogens (tertiary/aromatic N) is 3. The number of nitrogens with one attached hydrogen (secondary N) is 1. The number of alkyl halides is 3. The summed E-state index contributed by atoms with van der Waals surface area (Å²) in [6.45, 7) is 0.402. The summed E-state index contributed by atoms with van der Waals surface area (Å²) in [4.78, 5) is 12.2. The lowest BCUT2D eigenvalue weighted by molar-refractivity contribution is -0.137. The lowest BCUT2D eigenvalue weighted by Gasteiger charge is -2.30. The highest BCUT2D eigenvalue weighted by Crippen LogP contribution is 2.32. The first-order valence-corrected chi connectivity index (χ1v) is 12.1. The van der Waals surface area contributed by atoms with Gasteiger partial charge in [-0.3, -0.25) is 4.79 Å². The zero-order valence-electron chi connectivity index (χ0n) is 18.1. The smallest absolute Gasteiger partial charge is 0.352 e. The van der Waals surface area contributed by atoms with Gasteiger partial charge in [-0.1, -0.05) is 24.3 Å². The number of benzene rings is 2. The normalized spacial score (nSPS) is 15.9. The fourth-order valence-corrected chi connectivity index (χ4v) is 5.36. The third-order valence-corrected chi connectivity index (χ3v) is 7.64. The topological polar surface area (TPSA) is 84.3 Å². The summed E-state index contributed by atoms with van der Waals surface area (Å²) >= 11 is 0. The minimum atomic E-state index is -4.63. The van der Waals surface area contributed by atoms with Crippen LogP contribution >= 0.6 is 0 Å². The van der Waals surface area contributed by atoms with Crippen LogP contribution in [0.15, 0.2) is 71.9 Å². The van der Waals surface area contributed by atoms with Gasteiger partial charge in [-0.15, -0.1) is 0 Å². The van der Waals surface area contributed by atoms with Crippen LogP contribution in [0, 0.1) is 5.92 Å². The Kier molecular flexibility index (Phi) is 6.76. The Labute approximate surface area is 195 Å². The van der Waals surface area contributed by atoms with Gasteiger partial charge in [0.1, 0.15) is 0 Å². The average Bonchev–Trinajstić information content (AvgIpc) is 3.32. The maximum Gasteiger partial charge on any atom is 0.416 e. The van der Waals surface area contributed by atoms with Crippen LogP contribution in [0.3, 0.4) is 0 Å². The Hall–Kier alpha value is -3.18. The molecule has 1 aliphatic heterocycles. The molecule has 2 aromatic carbocycles. The number of sulfonamides is 1. The van der Waals surface area contributed by atoms with Crippen LogP contribution < -0.4 is 5.32 Å². The van der Waals surface area contributed by atoms with Crippen molar-refractivity contribution < 1.29 is 26.4 Å². The fraction of sp³-hybridized carbons (Fsp3) is 0.304. The first-order chi connectivity index (χ1) is 16.1. The maximum atomic E-state index is 13.0. The molecule has 0 unspecified atom stereocenters. The van der Waals surface area contributed by atoms with Gasteiger partial charge in [-0.2, -0.15) is 22.6 Å². The molecule has 1 fully saturated rings. The van der Waals surface area contributed by atoms with Crippen molar-refractivity contribution in [2.75, 3.05) is 13.1 Å². The van der Waals surface area contributed by atoms with E-state index in [4.69, 9.17) is 0 Å². The molecule has 0 aliphatic carbocycles. The van der Waals surface area contributed by atoms with Gasteiger partial charge in [0.2, 0.25) is 15.9 Å². The van der Waals surface area contributed by atoms with Gasteiger partial charge in [-0.25, -0.2) is 13.1 Å². The van der Waals surface area contributed by atoms with Crippen molar-refractivity contribution in [2.24, 2.45) is 5.92 Å². The van der Waals surface area contributed by atoms with Crippen LogP contribution in [0.2, 0.25) is 0 Å². The molecule has 1 aliphatic rings. The van der Waals surface area contributed by atoms with E-state index in [9.17, 15) is 26.4 Å². The molecule has 11 heteroatoms. The van der Waals surface area contributed by atoms with Crippen LogP contribution in [0.5, 0.6) is 0 Å². The summed E-state index contributed by atoms with van der Waals surface area (Å²) < 4.78 is 67.4. The molecule has 1 amide bonds. The molecule has 1 N–H and O–H groups in total. The molecule has 1 saturated heterocycles. The van der Waals surface area contributed by atoms with E-state index in [1.54, 1.807) is 10.9 Å². The van der Waals surface area contributed by atoms with Gasteiger partial charge < -0.3 is 5.32 Å². The number of hydrogen-bond donors (Lipinski definition) is 1. The van der Waals surface area contributed by atoms with Gasteiger partial charge in [-0.05, 0) is 43.2 Å². The average molecular weight is 493 g/mol. The molecular formula is C23H23F3N4O3S. The summed E-state index contributed by atoms with van der Waals surface area (Å²) in [6, 6.07) is 13.2. The van der Waals surface area contributed by atoms with E-state index in [-0.39, 0.29) is 44.3 Å². The molecule has 7 nitrogen and oxygen atoms in total. The molecule has 0 atom stereocenters. The molecule has 3 aromatic rings. The molecule has 0 saturated carbocycles. The molecule has 1 aromatic heterocycles. The Morgan fingerprint density at radius 1 is 1.06 bits per heavy atom. The second-order valence-corrected chi connectivity index (χ2v) is 9.99. The number of halogens is 3. The van der Waals surface area contributed by atoms with Crippen molar-refractivity contribution in [1.82, 2.24) is 19.4 Å². The van der Waals surface area contributed by atoms with E-state index in [1.165, 1.54) is 0 Å². The van der Waals surface area contributed by atoms with Crippen molar-refractivity contribution in [3.05, 3.63) is 78.1 Å². The SMILES string of the molecule is O=C(NCc1cnn(-c2ccccc2)c1)C1CCN(S(=O)(=O)c2cccc(C(F)(F)F)c2)CC1. The van der Waals surface area contributed by atoms with E-state index in [0.717, 1.165) is 33.8 Å². The highest BCUT2D eigenvalue weighted by Gasteiger charge is 2.35. The van der Waals surface area contributed by atoms with Crippen LogP contribution in [0.1, 0.15) is 24.0 Å².